The minimum atomic E-state index is -1.81. The first-order chi connectivity index (χ1) is 10.7. The number of allylic oxidation sites excluding steroid dienone is 1. The van der Waals surface area contributed by atoms with Gasteiger partial charge < -0.3 is 8.85 Å². The summed E-state index contributed by atoms with van der Waals surface area (Å²) in [7, 11) is 1.77. The second-order valence-corrected chi connectivity index (χ2v) is 10.2. The summed E-state index contributed by atoms with van der Waals surface area (Å²) in [5.74, 6) is 0. The van der Waals surface area contributed by atoms with E-state index in [1.165, 1.54) is 83.5 Å². The van der Waals surface area contributed by atoms with Crippen LogP contribution in [-0.4, -0.2) is 22.8 Å². The molecule has 0 saturated heterocycles. The molecule has 0 bridgehead atoms. The van der Waals surface area contributed by atoms with Crippen molar-refractivity contribution in [1.29, 1.82) is 0 Å². The Balaban J connectivity index is 3.16. The Kier molecular flexibility index (Phi) is 15.7. The Morgan fingerprint density at radius 2 is 1.05 bits per heavy atom. The van der Waals surface area contributed by atoms with Gasteiger partial charge >= 0.3 is 8.56 Å². The second-order valence-electron chi connectivity index (χ2n) is 6.61. The highest BCUT2D eigenvalue weighted by molar-refractivity contribution is 6.65. The van der Waals surface area contributed by atoms with E-state index in [0.29, 0.717) is 0 Å². The Labute approximate surface area is 140 Å². The minimum Gasteiger partial charge on any atom is -0.398 e. The van der Waals surface area contributed by atoms with Gasteiger partial charge in [-0.15, -0.1) is 6.58 Å². The van der Waals surface area contributed by atoms with Crippen LogP contribution in [0.4, 0.5) is 0 Å². The van der Waals surface area contributed by atoms with Gasteiger partial charge in [-0.1, -0.05) is 76.7 Å². The lowest BCUT2D eigenvalue weighted by Gasteiger charge is -2.22. The molecular weight excluding hydrogens is 288 g/mol. The zero-order valence-corrected chi connectivity index (χ0v) is 16.5. The first-order valence-electron chi connectivity index (χ1n) is 9.39. The molecule has 132 valence electrons. The fourth-order valence-electron chi connectivity index (χ4n) is 2.79. The smallest absolute Gasteiger partial charge is 0.334 e. The van der Waals surface area contributed by atoms with Crippen LogP contribution >= 0.6 is 0 Å². The molecule has 0 atom stereocenters. The normalized spacial score (nSPS) is 11.8. The highest BCUT2D eigenvalue weighted by Gasteiger charge is 2.27. The van der Waals surface area contributed by atoms with Gasteiger partial charge in [0.2, 0.25) is 0 Å². The monoisotopic (exact) mass is 328 g/mol. The van der Waals surface area contributed by atoms with Crippen molar-refractivity contribution in [2.75, 3.05) is 14.2 Å². The molecule has 0 aromatic heterocycles. The lowest BCUT2D eigenvalue weighted by molar-refractivity contribution is 0.248. The van der Waals surface area contributed by atoms with Gasteiger partial charge in [-0.05, 0) is 25.4 Å². The molecule has 0 aliphatic carbocycles. The molecule has 3 heteroatoms. The molecule has 0 radical (unpaired) electrons. The molecule has 0 aliphatic rings. The fraction of sp³-hybridized carbons (Fsp3) is 0.895. The van der Waals surface area contributed by atoms with Crippen molar-refractivity contribution >= 4 is 8.56 Å². The standard InChI is InChI=1S/C19H40O2Si/c1-5-6-7-8-9-10-11-12-13-14-15-16-17-18-19-22(4,20-2)21-3/h5H,1,6-19H2,2-4H3. The number of rotatable bonds is 17. The summed E-state index contributed by atoms with van der Waals surface area (Å²) in [6.45, 7) is 5.92. The average molecular weight is 329 g/mol. The Morgan fingerprint density at radius 1 is 0.682 bits per heavy atom. The van der Waals surface area contributed by atoms with Crippen molar-refractivity contribution in [3.8, 4) is 0 Å². The maximum absolute atomic E-state index is 5.51. The molecule has 0 unspecified atom stereocenters. The summed E-state index contributed by atoms with van der Waals surface area (Å²) < 4.78 is 11.0. The quantitative estimate of drug-likeness (QED) is 0.170. The lowest BCUT2D eigenvalue weighted by Crippen LogP contribution is -2.35. The predicted octanol–water partition coefficient (Wildman–Crippen LogP) is 6.61. The summed E-state index contributed by atoms with van der Waals surface area (Å²) in [5, 5.41) is 0. The maximum Gasteiger partial charge on any atom is 0.334 e. The SMILES string of the molecule is C=CCCCCCCCCCCCCCC[Si](C)(OC)OC. The van der Waals surface area contributed by atoms with Gasteiger partial charge in [0, 0.05) is 14.2 Å². The molecule has 0 spiro atoms. The Bertz CT molecular complexity index is 240. The molecular formula is C19H40O2Si. The van der Waals surface area contributed by atoms with Crippen LogP contribution in [0.3, 0.4) is 0 Å². The predicted molar refractivity (Wildman–Crippen MR) is 101 cm³/mol. The molecule has 0 aromatic carbocycles. The van der Waals surface area contributed by atoms with Crippen LogP contribution in [0.25, 0.3) is 0 Å². The van der Waals surface area contributed by atoms with Gasteiger partial charge in [-0.2, -0.15) is 0 Å². The van der Waals surface area contributed by atoms with Crippen molar-refractivity contribution in [2.45, 2.75) is 96.1 Å². The van der Waals surface area contributed by atoms with Gasteiger partial charge in [-0.25, -0.2) is 0 Å². The Morgan fingerprint density at radius 3 is 1.41 bits per heavy atom. The van der Waals surface area contributed by atoms with E-state index in [2.05, 4.69) is 13.1 Å². The van der Waals surface area contributed by atoms with Crippen molar-refractivity contribution in [2.24, 2.45) is 0 Å². The summed E-state index contributed by atoms with van der Waals surface area (Å²) >= 11 is 0. The summed E-state index contributed by atoms with van der Waals surface area (Å²) in [6, 6.07) is 1.13. The number of hydrogen-bond acceptors (Lipinski definition) is 2. The summed E-state index contributed by atoms with van der Waals surface area (Å²) in [5.41, 5.74) is 0. The van der Waals surface area contributed by atoms with E-state index in [1.54, 1.807) is 14.2 Å². The molecule has 0 amide bonds. The van der Waals surface area contributed by atoms with Gasteiger partial charge in [0.1, 0.15) is 0 Å². The van der Waals surface area contributed by atoms with Crippen molar-refractivity contribution in [3.63, 3.8) is 0 Å². The molecule has 0 aromatic rings. The third-order valence-electron chi connectivity index (χ3n) is 4.65. The molecule has 2 nitrogen and oxygen atoms in total. The lowest BCUT2D eigenvalue weighted by atomic mass is 10.0. The topological polar surface area (TPSA) is 18.5 Å². The third-order valence-corrected chi connectivity index (χ3v) is 7.64. The van der Waals surface area contributed by atoms with Crippen LogP contribution < -0.4 is 0 Å². The Hall–Kier alpha value is -0.123. The van der Waals surface area contributed by atoms with Crippen LogP contribution in [0, 0.1) is 0 Å². The van der Waals surface area contributed by atoms with E-state index in [-0.39, 0.29) is 0 Å². The second kappa shape index (κ2) is 15.8. The van der Waals surface area contributed by atoms with Crippen molar-refractivity contribution < 1.29 is 8.85 Å². The molecule has 0 fully saturated rings. The molecule has 0 heterocycles. The number of unbranched alkanes of at least 4 members (excludes halogenated alkanes) is 12. The molecule has 22 heavy (non-hydrogen) atoms. The zero-order valence-electron chi connectivity index (χ0n) is 15.5. The summed E-state index contributed by atoms with van der Waals surface area (Å²) in [4.78, 5) is 0. The van der Waals surface area contributed by atoms with E-state index in [1.807, 2.05) is 6.08 Å². The van der Waals surface area contributed by atoms with Crippen LogP contribution in [-0.2, 0) is 8.85 Å². The molecule has 0 rings (SSSR count). The van der Waals surface area contributed by atoms with Crippen molar-refractivity contribution in [3.05, 3.63) is 12.7 Å². The van der Waals surface area contributed by atoms with E-state index in [9.17, 15) is 0 Å². The van der Waals surface area contributed by atoms with Crippen LogP contribution in [0.1, 0.15) is 83.5 Å². The fourth-order valence-corrected chi connectivity index (χ4v) is 4.26. The molecule has 0 aliphatic heterocycles. The van der Waals surface area contributed by atoms with E-state index < -0.39 is 8.56 Å². The third kappa shape index (κ3) is 13.5. The van der Waals surface area contributed by atoms with E-state index in [0.717, 1.165) is 6.04 Å². The van der Waals surface area contributed by atoms with E-state index in [4.69, 9.17) is 8.85 Å². The maximum atomic E-state index is 5.51. The van der Waals surface area contributed by atoms with Gasteiger partial charge in [0.25, 0.3) is 0 Å². The van der Waals surface area contributed by atoms with Crippen LogP contribution in [0.5, 0.6) is 0 Å². The van der Waals surface area contributed by atoms with Gasteiger partial charge in [0.05, 0.1) is 0 Å². The van der Waals surface area contributed by atoms with Gasteiger partial charge in [0.15, 0.2) is 0 Å². The minimum absolute atomic E-state index is 1.13. The first-order valence-corrected chi connectivity index (χ1v) is 11.9. The summed E-state index contributed by atoms with van der Waals surface area (Å²) in [6.07, 6.45) is 19.8. The highest BCUT2D eigenvalue weighted by atomic mass is 28.4. The van der Waals surface area contributed by atoms with Gasteiger partial charge in [-0.3, -0.25) is 0 Å². The van der Waals surface area contributed by atoms with E-state index >= 15 is 0 Å². The zero-order chi connectivity index (χ0) is 16.5. The van der Waals surface area contributed by atoms with Crippen molar-refractivity contribution in [1.82, 2.24) is 0 Å². The first kappa shape index (κ1) is 21.9. The largest absolute Gasteiger partial charge is 0.398 e. The average Bonchev–Trinajstić information content (AvgIpc) is 2.55. The molecule has 0 N–H and O–H groups in total. The van der Waals surface area contributed by atoms with Crippen LogP contribution in [0.15, 0.2) is 12.7 Å². The molecule has 0 saturated carbocycles. The number of hydrogen-bond donors (Lipinski definition) is 0. The van der Waals surface area contributed by atoms with Crippen LogP contribution in [0.2, 0.25) is 12.6 Å². The highest BCUT2D eigenvalue weighted by Crippen LogP contribution is 2.18.